The highest BCUT2D eigenvalue weighted by Gasteiger charge is 2.29. The van der Waals surface area contributed by atoms with Crippen molar-refractivity contribution in [2.24, 2.45) is 5.10 Å². The second kappa shape index (κ2) is 8.81. The normalized spacial score (nSPS) is 14.2. The third-order valence-electron chi connectivity index (χ3n) is 4.79. The third-order valence-corrected chi connectivity index (χ3v) is 5.23. The molecule has 0 unspecified atom stereocenters. The minimum absolute atomic E-state index is 0.0615. The Morgan fingerprint density at radius 1 is 1.23 bits per heavy atom. The summed E-state index contributed by atoms with van der Waals surface area (Å²) in [6, 6.07) is 6.78. The maximum atomic E-state index is 13.1. The topological polar surface area (TPSA) is 93.8 Å². The summed E-state index contributed by atoms with van der Waals surface area (Å²) in [5, 5.41) is 4.28. The number of aryl methyl sites for hydroxylation is 1. The standard InChI is InChI=1S/C22H17BrFN3O4/c1-12-19-17(26-27-21(28)13-9-14(23)11-25-10-13)3-2-4-18(19)31-20(12)22(29)30-16-7-5-15(24)6-8-16/h5-11H,2-4H2,1H3,(H,27,28)/b26-17+. The van der Waals surface area contributed by atoms with E-state index in [0.717, 1.165) is 6.42 Å². The van der Waals surface area contributed by atoms with Crippen LogP contribution in [-0.4, -0.2) is 22.6 Å². The van der Waals surface area contributed by atoms with Gasteiger partial charge in [-0.05, 0) is 66.0 Å². The molecule has 1 amide bonds. The van der Waals surface area contributed by atoms with Crippen molar-refractivity contribution in [3.8, 4) is 5.75 Å². The molecule has 0 saturated carbocycles. The van der Waals surface area contributed by atoms with E-state index in [1.165, 1.54) is 30.5 Å². The number of halogens is 2. The first-order valence-electron chi connectivity index (χ1n) is 9.50. The molecule has 1 aliphatic rings. The molecule has 0 saturated heterocycles. The minimum Gasteiger partial charge on any atom is -0.453 e. The van der Waals surface area contributed by atoms with Crippen molar-refractivity contribution in [3.63, 3.8) is 0 Å². The maximum Gasteiger partial charge on any atom is 0.379 e. The number of esters is 1. The van der Waals surface area contributed by atoms with E-state index in [2.05, 4.69) is 31.4 Å². The zero-order chi connectivity index (χ0) is 22.0. The van der Waals surface area contributed by atoms with Crippen LogP contribution in [0.25, 0.3) is 0 Å². The Morgan fingerprint density at radius 2 is 2.00 bits per heavy atom. The second-order valence-corrected chi connectivity index (χ2v) is 7.86. The van der Waals surface area contributed by atoms with E-state index in [-0.39, 0.29) is 11.5 Å². The number of carbonyl (C=O) groups is 2. The molecular formula is C22H17BrFN3O4. The van der Waals surface area contributed by atoms with Crippen LogP contribution < -0.4 is 10.2 Å². The predicted octanol–water partition coefficient (Wildman–Crippen LogP) is 4.57. The maximum absolute atomic E-state index is 13.1. The van der Waals surface area contributed by atoms with E-state index < -0.39 is 17.7 Å². The summed E-state index contributed by atoms with van der Waals surface area (Å²) in [6.07, 6.45) is 5.05. The molecule has 4 rings (SSSR count). The number of rotatable bonds is 4. The number of amides is 1. The van der Waals surface area contributed by atoms with Gasteiger partial charge in [0, 0.05) is 34.4 Å². The third kappa shape index (κ3) is 4.56. The highest BCUT2D eigenvalue weighted by Crippen LogP contribution is 2.30. The van der Waals surface area contributed by atoms with Crippen LogP contribution in [0.5, 0.6) is 5.75 Å². The van der Waals surface area contributed by atoms with Crippen molar-refractivity contribution < 1.29 is 23.1 Å². The second-order valence-electron chi connectivity index (χ2n) is 6.94. The highest BCUT2D eigenvalue weighted by molar-refractivity contribution is 9.10. The lowest BCUT2D eigenvalue weighted by Crippen LogP contribution is -2.22. The summed E-state index contributed by atoms with van der Waals surface area (Å²) in [5.41, 5.74) is 4.81. The van der Waals surface area contributed by atoms with Crippen LogP contribution in [0.3, 0.4) is 0 Å². The summed E-state index contributed by atoms with van der Waals surface area (Å²) < 4.78 is 24.8. The number of hydrogen-bond acceptors (Lipinski definition) is 6. The van der Waals surface area contributed by atoms with E-state index in [1.807, 2.05) is 0 Å². The number of aromatic nitrogens is 1. The molecule has 31 heavy (non-hydrogen) atoms. The number of fused-ring (bicyclic) bond motifs is 1. The van der Waals surface area contributed by atoms with E-state index in [1.54, 1.807) is 19.2 Å². The van der Waals surface area contributed by atoms with Gasteiger partial charge in [-0.2, -0.15) is 5.10 Å². The number of hydrazone groups is 1. The van der Waals surface area contributed by atoms with Gasteiger partial charge in [0.05, 0.1) is 11.3 Å². The van der Waals surface area contributed by atoms with Gasteiger partial charge in [0.15, 0.2) is 0 Å². The fourth-order valence-corrected chi connectivity index (χ4v) is 3.71. The monoisotopic (exact) mass is 485 g/mol. The molecule has 1 N–H and O–H groups in total. The molecule has 3 aromatic rings. The van der Waals surface area contributed by atoms with Crippen LogP contribution >= 0.6 is 15.9 Å². The van der Waals surface area contributed by atoms with Crippen LogP contribution in [0.1, 0.15) is 50.6 Å². The molecule has 0 spiro atoms. The van der Waals surface area contributed by atoms with Gasteiger partial charge in [0.25, 0.3) is 5.91 Å². The zero-order valence-electron chi connectivity index (χ0n) is 16.4. The number of nitrogens with one attached hydrogen (secondary N) is 1. The van der Waals surface area contributed by atoms with Crippen molar-refractivity contribution in [1.29, 1.82) is 0 Å². The Kier molecular flexibility index (Phi) is 5.94. The molecule has 0 bridgehead atoms. The summed E-state index contributed by atoms with van der Waals surface area (Å²) in [4.78, 5) is 28.9. The summed E-state index contributed by atoms with van der Waals surface area (Å²) in [6.45, 7) is 1.74. The van der Waals surface area contributed by atoms with Gasteiger partial charge in [-0.15, -0.1) is 0 Å². The molecule has 0 radical (unpaired) electrons. The molecule has 1 aromatic carbocycles. The van der Waals surface area contributed by atoms with E-state index in [0.29, 0.717) is 45.5 Å². The predicted molar refractivity (Wildman–Crippen MR) is 114 cm³/mol. The lowest BCUT2D eigenvalue weighted by Gasteiger charge is -2.13. The number of pyridine rings is 1. The number of ether oxygens (including phenoxy) is 1. The summed E-state index contributed by atoms with van der Waals surface area (Å²) in [7, 11) is 0. The molecule has 2 heterocycles. The average Bonchev–Trinajstić information content (AvgIpc) is 3.11. The fourth-order valence-electron chi connectivity index (χ4n) is 3.35. The minimum atomic E-state index is -0.679. The average molecular weight is 486 g/mol. The van der Waals surface area contributed by atoms with Crippen LogP contribution in [-0.2, 0) is 6.42 Å². The Balaban J connectivity index is 1.56. The molecule has 0 fully saturated rings. The summed E-state index contributed by atoms with van der Waals surface area (Å²) in [5.74, 6) is -0.610. The Bertz CT molecular complexity index is 1190. The quantitative estimate of drug-likeness (QED) is 0.331. The highest BCUT2D eigenvalue weighted by atomic mass is 79.9. The Hall–Kier alpha value is -3.33. The van der Waals surface area contributed by atoms with Crippen LogP contribution in [0.4, 0.5) is 4.39 Å². The fraction of sp³-hybridized carbons (Fsp3) is 0.182. The number of furan rings is 1. The largest absolute Gasteiger partial charge is 0.453 e. The first-order valence-corrected chi connectivity index (χ1v) is 10.3. The molecule has 1 aliphatic carbocycles. The Labute approximate surface area is 185 Å². The van der Waals surface area contributed by atoms with Crippen molar-refractivity contribution in [3.05, 3.63) is 81.2 Å². The van der Waals surface area contributed by atoms with Gasteiger partial charge in [-0.25, -0.2) is 14.6 Å². The number of carbonyl (C=O) groups excluding carboxylic acids is 2. The molecule has 0 aliphatic heterocycles. The Morgan fingerprint density at radius 3 is 2.74 bits per heavy atom. The van der Waals surface area contributed by atoms with Gasteiger partial charge >= 0.3 is 5.97 Å². The number of nitrogens with zero attached hydrogens (tertiary/aromatic N) is 2. The molecule has 0 atom stereocenters. The lowest BCUT2D eigenvalue weighted by molar-refractivity contribution is 0.0698. The number of benzene rings is 1. The van der Waals surface area contributed by atoms with E-state index in [4.69, 9.17) is 9.15 Å². The molecule has 7 nitrogen and oxygen atoms in total. The van der Waals surface area contributed by atoms with Gasteiger partial charge in [-0.1, -0.05) is 0 Å². The molecule has 158 valence electrons. The van der Waals surface area contributed by atoms with Crippen molar-refractivity contribution in [2.45, 2.75) is 26.2 Å². The first-order chi connectivity index (χ1) is 14.9. The van der Waals surface area contributed by atoms with Gasteiger partial charge in [0.1, 0.15) is 17.3 Å². The first kappa shape index (κ1) is 20.9. The van der Waals surface area contributed by atoms with Gasteiger partial charge < -0.3 is 9.15 Å². The molecule has 9 heteroatoms. The molecular weight excluding hydrogens is 469 g/mol. The zero-order valence-corrected chi connectivity index (χ0v) is 18.0. The molecule has 2 aromatic heterocycles. The van der Waals surface area contributed by atoms with Crippen LogP contribution in [0, 0.1) is 12.7 Å². The van der Waals surface area contributed by atoms with Crippen LogP contribution in [0.15, 0.2) is 56.7 Å². The summed E-state index contributed by atoms with van der Waals surface area (Å²) >= 11 is 3.28. The van der Waals surface area contributed by atoms with Crippen molar-refractivity contribution >= 4 is 33.5 Å². The van der Waals surface area contributed by atoms with Crippen LogP contribution in [0.2, 0.25) is 0 Å². The smallest absolute Gasteiger partial charge is 0.379 e. The van der Waals surface area contributed by atoms with Gasteiger partial charge in [0.2, 0.25) is 5.76 Å². The van der Waals surface area contributed by atoms with Crippen molar-refractivity contribution in [2.75, 3.05) is 0 Å². The number of hydrogen-bond donors (Lipinski definition) is 1. The van der Waals surface area contributed by atoms with Crippen molar-refractivity contribution in [1.82, 2.24) is 10.4 Å². The SMILES string of the molecule is Cc1c(C(=O)Oc2ccc(F)cc2)oc2c1/C(=N/NC(=O)c1cncc(Br)c1)CCC2. The van der Waals surface area contributed by atoms with E-state index in [9.17, 15) is 14.0 Å². The van der Waals surface area contributed by atoms with E-state index >= 15 is 0 Å². The van der Waals surface area contributed by atoms with Gasteiger partial charge in [-0.3, -0.25) is 9.78 Å². The lowest BCUT2D eigenvalue weighted by atomic mass is 9.93.